The lowest BCUT2D eigenvalue weighted by molar-refractivity contribution is -0.138. The summed E-state index contributed by atoms with van der Waals surface area (Å²) in [7, 11) is 1.33. The maximum absolute atomic E-state index is 13.1. The lowest BCUT2D eigenvalue weighted by Crippen LogP contribution is -2.28. The number of methoxy groups -OCH3 is 1. The van der Waals surface area contributed by atoms with Gasteiger partial charge < -0.3 is 15.2 Å². The summed E-state index contributed by atoms with van der Waals surface area (Å²) in [6, 6.07) is 2.14. The highest BCUT2D eigenvalue weighted by molar-refractivity contribution is 5.52. The van der Waals surface area contributed by atoms with E-state index in [0.717, 1.165) is 12.1 Å². The topological polar surface area (TPSA) is 41.5 Å². The van der Waals surface area contributed by atoms with Crippen LogP contribution in [0, 0.1) is 0 Å². The van der Waals surface area contributed by atoms with Gasteiger partial charge in [-0.05, 0) is 44.0 Å². The van der Waals surface area contributed by atoms with Gasteiger partial charge in [-0.3, -0.25) is 0 Å². The number of ether oxygens (including phenoxy) is 1. The average Bonchev–Trinajstić information content (AvgIpc) is 2.38. The van der Waals surface area contributed by atoms with Gasteiger partial charge in [0.2, 0.25) is 0 Å². The summed E-state index contributed by atoms with van der Waals surface area (Å²) in [5.74, 6) is -0.598. The fraction of sp³-hybridized carbons (Fsp3) is 0.538. The van der Waals surface area contributed by atoms with Crippen LogP contribution < -0.4 is 10.1 Å². The van der Waals surface area contributed by atoms with Crippen LogP contribution in [0.4, 0.5) is 13.2 Å². The Morgan fingerprint density at radius 2 is 1.89 bits per heavy atom. The molecule has 1 fully saturated rings. The zero-order chi connectivity index (χ0) is 14.0. The lowest BCUT2D eigenvalue weighted by Gasteiger charge is -2.27. The SMILES string of the molecule is COc1ccc(C(F)(F)F)c(C2CCNCC2)c1O. The summed E-state index contributed by atoms with van der Waals surface area (Å²) in [4.78, 5) is 0. The fourth-order valence-electron chi connectivity index (χ4n) is 2.52. The first-order valence-corrected chi connectivity index (χ1v) is 6.13. The summed E-state index contributed by atoms with van der Waals surface area (Å²) >= 11 is 0. The normalized spacial score (nSPS) is 17.5. The smallest absolute Gasteiger partial charge is 0.416 e. The molecule has 1 heterocycles. The zero-order valence-corrected chi connectivity index (χ0v) is 10.5. The van der Waals surface area contributed by atoms with Crippen molar-refractivity contribution in [2.45, 2.75) is 24.9 Å². The second-order valence-corrected chi connectivity index (χ2v) is 4.60. The van der Waals surface area contributed by atoms with Crippen molar-refractivity contribution in [2.24, 2.45) is 0 Å². The van der Waals surface area contributed by atoms with Gasteiger partial charge in [-0.25, -0.2) is 0 Å². The second-order valence-electron chi connectivity index (χ2n) is 4.60. The summed E-state index contributed by atoms with van der Waals surface area (Å²) in [6.45, 7) is 1.30. The van der Waals surface area contributed by atoms with Crippen molar-refractivity contribution in [3.05, 3.63) is 23.3 Å². The molecule has 1 aromatic carbocycles. The summed E-state index contributed by atoms with van der Waals surface area (Å²) in [6.07, 6.45) is -3.32. The van der Waals surface area contributed by atoms with Crippen molar-refractivity contribution in [1.82, 2.24) is 5.32 Å². The largest absolute Gasteiger partial charge is 0.504 e. The van der Waals surface area contributed by atoms with Gasteiger partial charge in [-0.1, -0.05) is 0 Å². The van der Waals surface area contributed by atoms with E-state index in [4.69, 9.17) is 4.74 Å². The van der Waals surface area contributed by atoms with E-state index in [-0.39, 0.29) is 23.0 Å². The maximum Gasteiger partial charge on any atom is 0.416 e. The molecule has 0 amide bonds. The first-order valence-electron chi connectivity index (χ1n) is 6.13. The highest BCUT2D eigenvalue weighted by Gasteiger charge is 2.38. The Balaban J connectivity index is 2.52. The molecular weight excluding hydrogens is 259 g/mol. The molecule has 0 bridgehead atoms. The number of benzene rings is 1. The van der Waals surface area contributed by atoms with E-state index in [0.29, 0.717) is 25.9 Å². The van der Waals surface area contributed by atoms with E-state index in [1.807, 2.05) is 0 Å². The van der Waals surface area contributed by atoms with Crippen molar-refractivity contribution in [3.63, 3.8) is 0 Å². The number of halogens is 3. The third-order valence-corrected chi connectivity index (χ3v) is 3.45. The number of alkyl halides is 3. The number of piperidine rings is 1. The van der Waals surface area contributed by atoms with E-state index < -0.39 is 11.7 Å². The number of phenols is 1. The number of rotatable bonds is 2. The van der Waals surface area contributed by atoms with E-state index >= 15 is 0 Å². The quantitative estimate of drug-likeness (QED) is 0.872. The molecule has 1 aliphatic heterocycles. The molecule has 0 radical (unpaired) electrons. The van der Waals surface area contributed by atoms with Crippen LogP contribution >= 0.6 is 0 Å². The van der Waals surface area contributed by atoms with Gasteiger partial charge in [0.15, 0.2) is 11.5 Å². The van der Waals surface area contributed by atoms with Crippen LogP contribution in [0.5, 0.6) is 11.5 Å². The molecule has 0 spiro atoms. The van der Waals surface area contributed by atoms with Crippen molar-refractivity contribution in [1.29, 1.82) is 0 Å². The number of aromatic hydroxyl groups is 1. The highest BCUT2D eigenvalue weighted by Crippen LogP contribution is 2.45. The van der Waals surface area contributed by atoms with E-state index in [1.54, 1.807) is 0 Å². The van der Waals surface area contributed by atoms with Gasteiger partial charge in [-0.2, -0.15) is 13.2 Å². The van der Waals surface area contributed by atoms with Crippen molar-refractivity contribution >= 4 is 0 Å². The minimum Gasteiger partial charge on any atom is -0.504 e. The Labute approximate surface area is 109 Å². The molecule has 0 atom stereocenters. The summed E-state index contributed by atoms with van der Waals surface area (Å²) < 4.78 is 44.1. The number of hydrogen-bond donors (Lipinski definition) is 2. The molecule has 0 aliphatic carbocycles. The lowest BCUT2D eigenvalue weighted by atomic mass is 9.86. The number of phenolic OH excluding ortho intramolecular Hbond substituents is 1. The second kappa shape index (κ2) is 5.28. The molecule has 6 heteroatoms. The average molecular weight is 275 g/mol. The van der Waals surface area contributed by atoms with Gasteiger partial charge in [0, 0.05) is 5.56 Å². The minimum atomic E-state index is -4.47. The van der Waals surface area contributed by atoms with Crippen LogP contribution in [-0.2, 0) is 6.18 Å². The van der Waals surface area contributed by atoms with E-state index in [9.17, 15) is 18.3 Å². The van der Waals surface area contributed by atoms with Gasteiger partial charge in [-0.15, -0.1) is 0 Å². The van der Waals surface area contributed by atoms with Gasteiger partial charge in [0.1, 0.15) is 0 Å². The molecule has 0 unspecified atom stereocenters. The molecule has 0 aromatic heterocycles. The minimum absolute atomic E-state index is 0.0339. The van der Waals surface area contributed by atoms with Crippen LogP contribution in [0.2, 0.25) is 0 Å². The first kappa shape index (κ1) is 14.0. The zero-order valence-electron chi connectivity index (χ0n) is 10.5. The van der Waals surface area contributed by atoms with Crippen LogP contribution in [0.3, 0.4) is 0 Å². The van der Waals surface area contributed by atoms with Crippen molar-refractivity contribution < 1.29 is 23.0 Å². The Hall–Kier alpha value is -1.43. The van der Waals surface area contributed by atoms with Crippen LogP contribution in [-0.4, -0.2) is 25.3 Å². The Bertz CT molecular complexity index is 454. The molecule has 19 heavy (non-hydrogen) atoms. The summed E-state index contributed by atoms with van der Waals surface area (Å²) in [5.41, 5.74) is -0.800. The summed E-state index contributed by atoms with van der Waals surface area (Å²) in [5, 5.41) is 13.1. The molecule has 1 aromatic rings. The van der Waals surface area contributed by atoms with Crippen LogP contribution in [0.15, 0.2) is 12.1 Å². The molecule has 2 rings (SSSR count). The van der Waals surface area contributed by atoms with Gasteiger partial charge >= 0.3 is 6.18 Å². The number of nitrogens with one attached hydrogen (secondary N) is 1. The Morgan fingerprint density at radius 1 is 1.26 bits per heavy atom. The third-order valence-electron chi connectivity index (χ3n) is 3.45. The highest BCUT2D eigenvalue weighted by atomic mass is 19.4. The standard InChI is InChI=1S/C13H16F3NO2/c1-19-10-3-2-9(13(14,15)16)11(12(10)18)8-4-6-17-7-5-8/h2-3,8,17-18H,4-7H2,1H3. The molecular formula is C13H16F3NO2. The molecule has 3 nitrogen and oxygen atoms in total. The Morgan fingerprint density at radius 3 is 2.42 bits per heavy atom. The van der Waals surface area contributed by atoms with Crippen molar-refractivity contribution in [2.75, 3.05) is 20.2 Å². The molecule has 2 N–H and O–H groups in total. The monoisotopic (exact) mass is 275 g/mol. The Kier molecular flexibility index (Phi) is 3.89. The molecule has 1 aliphatic rings. The van der Waals surface area contributed by atoms with Gasteiger partial charge in [0.25, 0.3) is 0 Å². The van der Waals surface area contributed by atoms with E-state index in [1.165, 1.54) is 7.11 Å². The van der Waals surface area contributed by atoms with Crippen molar-refractivity contribution in [3.8, 4) is 11.5 Å². The molecule has 1 saturated heterocycles. The van der Waals surface area contributed by atoms with E-state index in [2.05, 4.69) is 5.32 Å². The third kappa shape index (κ3) is 2.78. The predicted molar refractivity (Wildman–Crippen MR) is 64.5 cm³/mol. The maximum atomic E-state index is 13.1. The first-order chi connectivity index (χ1) is 8.95. The fourth-order valence-corrected chi connectivity index (χ4v) is 2.52. The van der Waals surface area contributed by atoms with Crippen LogP contribution in [0.25, 0.3) is 0 Å². The van der Waals surface area contributed by atoms with Gasteiger partial charge in [0.05, 0.1) is 12.7 Å². The number of hydrogen-bond acceptors (Lipinski definition) is 3. The molecule has 0 saturated carbocycles. The molecule has 106 valence electrons. The predicted octanol–water partition coefficient (Wildman–Crippen LogP) is 2.89. The van der Waals surface area contributed by atoms with Crippen LogP contribution in [0.1, 0.15) is 29.9 Å².